The zero-order valence-corrected chi connectivity index (χ0v) is 18.8. The molecule has 4 rings (SSSR count). The van der Waals surface area contributed by atoms with Gasteiger partial charge in [0.05, 0.1) is 18.3 Å². The fraction of sp³-hybridized carbons (Fsp3) is 0.320. The molecular formula is C25H30N6O. The minimum absolute atomic E-state index is 0.0476. The second kappa shape index (κ2) is 9.78. The van der Waals surface area contributed by atoms with E-state index in [0.29, 0.717) is 18.0 Å². The summed E-state index contributed by atoms with van der Waals surface area (Å²) in [4.78, 5) is 0. The van der Waals surface area contributed by atoms with Crippen molar-refractivity contribution < 1.29 is 5.11 Å². The number of rotatable bonds is 9. The lowest BCUT2D eigenvalue weighted by Gasteiger charge is -2.17. The number of anilines is 2. The Kier molecular flexibility index (Phi) is 6.66. The number of nitrogens with zero attached hydrogens (tertiary/aromatic N) is 4. The van der Waals surface area contributed by atoms with Crippen LogP contribution in [-0.2, 0) is 6.54 Å². The summed E-state index contributed by atoms with van der Waals surface area (Å²) in [5.74, 6) is 1.67. The van der Waals surface area contributed by atoms with Crippen molar-refractivity contribution in [2.24, 2.45) is 0 Å². The molecule has 4 aromatic rings. The Bertz CT molecular complexity index is 1150. The molecule has 0 radical (unpaired) electrons. The van der Waals surface area contributed by atoms with Gasteiger partial charge in [-0.25, -0.2) is 0 Å². The molecule has 0 unspecified atom stereocenters. The Labute approximate surface area is 188 Å². The normalized spacial score (nSPS) is 12.3. The third-order valence-electron chi connectivity index (χ3n) is 5.52. The van der Waals surface area contributed by atoms with E-state index < -0.39 is 0 Å². The van der Waals surface area contributed by atoms with E-state index in [1.165, 1.54) is 16.7 Å². The predicted octanol–water partition coefficient (Wildman–Crippen LogP) is 4.71. The van der Waals surface area contributed by atoms with Crippen molar-refractivity contribution in [2.45, 2.75) is 45.7 Å². The van der Waals surface area contributed by atoms with Gasteiger partial charge < -0.3 is 15.7 Å². The Morgan fingerprint density at radius 1 is 0.969 bits per heavy atom. The van der Waals surface area contributed by atoms with Gasteiger partial charge in [-0.15, -0.1) is 15.3 Å². The fourth-order valence-corrected chi connectivity index (χ4v) is 3.59. The highest BCUT2D eigenvalue weighted by molar-refractivity contribution is 5.70. The average molecular weight is 431 g/mol. The summed E-state index contributed by atoms with van der Waals surface area (Å²) in [5.41, 5.74) is 5.11. The lowest BCUT2D eigenvalue weighted by atomic mass is 10.0. The third kappa shape index (κ3) is 4.73. The maximum atomic E-state index is 9.59. The predicted molar refractivity (Wildman–Crippen MR) is 129 cm³/mol. The van der Waals surface area contributed by atoms with Crippen molar-refractivity contribution >= 4 is 17.2 Å². The van der Waals surface area contributed by atoms with Gasteiger partial charge in [-0.1, -0.05) is 75.4 Å². The van der Waals surface area contributed by atoms with Gasteiger partial charge in [-0.3, -0.25) is 0 Å². The monoisotopic (exact) mass is 430 g/mol. The van der Waals surface area contributed by atoms with Gasteiger partial charge in [0.15, 0.2) is 5.82 Å². The van der Waals surface area contributed by atoms with E-state index in [-0.39, 0.29) is 18.6 Å². The van der Waals surface area contributed by atoms with E-state index in [0.717, 1.165) is 17.9 Å². The minimum atomic E-state index is -0.0580. The van der Waals surface area contributed by atoms with E-state index in [1.54, 1.807) is 4.52 Å². The van der Waals surface area contributed by atoms with Crippen LogP contribution < -0.4 is 10.6 Å². The van der Waals surface area contributed by atoms with Crippen LogP contribution >= 0.6 is 0 Å². The molecule has 32 heavy (non-hydrogen) atoms. The van der Waals surface area contributed by atoms with Crippen LogP contribution in [0, 0.1) is 0 Å². The maximum Gasteiger partial charge on any atom is 0.201 e. The molecule has 7 nitrogen and oxygen atoms in total. The van der Waals surface area contributed by atoms with Crippen molar-refractivity contribution in [3.05, 3.63) is 72.1 Å². The van der Waals surface area contributed by atoms with E-state index in [4.69, 9.17) is 0 Å². The second-order valence-electron chi connectivity index (χ2n) is 8.24. The van der Waals surface area contributed by atoms with Crippen LogP contribution in [0.5, 0.6) is 0 Å². The summed E-state index contributed by atoms with van der Waals surface area (Å²) in [6.07, 6.45) is 0.798. The molecule has 0 aliphatic carbocycles. The molecule has 0 fully saturated rings. The van der Waals surface area contributed by atoms with Crippen molar-refractivity contribution in [3.8, 4) is 11.1 Å². The Balaban J connectivity index is 1.58. The summed E-state index contributed by atoms with van der Waals surface area (Å²) in [6.45, 7) is 6.87. The van der Waals surface area contributed by atoms with Crippen LogP contribution in [0.4, 0.5) is 11.5 Å². The Morgan fingerprint density at radius 2 is 1.69 bits per heavy atom. The molecule has 1 atom stereocenters. The third-order valence-corrected chi connectivity index (χ3v) is 5.52. The number of fused-ring (bicyclic) bond motifs is 1. The molecular weight excluding hydrogens is 400 g/mol. The lowest BCUT2D eigenvalue weighted by Crippen LogP contribution is -2.24. The standard InChI is InChI=1S/C25H30N6O/c1-4-21(16-32)27-23-14-22(25-29-28-24(17(2)3)31(25)30-23)26-15-18-10-12-20(13-11-18)19-8-6-5-7-9-19/h5-14,17,21,26,32H,4,15-16H2,1-3H3,(H,27,30)/t21-/m0/s1. The maximum absolute atomic E-state index is 9.59. The van der Waals surface area contributed by atoms with E-state index >= 15 is 0 Å². The summed E-state index contributed by atoms with van der Waals surface area (Å²) in [5, 5.41) is 29.8. The molecule has 0 saturated heterocycles. The van der Waals surface area contributed by atoms with Crippen molar-refractivity contribution in [3.63, 3.8) is 0 Å². The molecule has 0 saturated carbocycles. The van der Waals surface area contributed by atoms with Gasteiger partial charge >= 0.3 is 0 Å². The van der Waals surface area contributed by atoms with Gasteiger partial charge in [-0.2, -0.15) is 4.52 Å². The highest BCUT2D eigenvalue weighted by Gasteiger charge is 2.16. The molecule has 0 bridgehead atoms. The van der Waals surface area contributed by atoms with Crippen LogP contribution in [0.3, 0.4) is 0 Å². The molecule has 2 heterocycles. The minimum Gasteiger partial charge on any atom is -0.394 e. The molecule has 0 spiro atoms. The molecule has 2 aromatic carbocycles. The first-order chi connectivity index (χ1) is 15.6. The molecule has 3 N–H and O–H groups in total. The topological polar surface area (TPSA) is 87.4 Å². The number of benzene rings is 2. The number of aliphatic hydroxyl groups is 1. The summed E-state index contributed by atoms with van der Waals surface area (Å²) < 4.78 is 1.79. The fourth-order valence-electron chi connectivity index (χ4n) is 3.59. The summed E-state index contributed by atoms with van der Waals surface area (Å²) >= 11 is 0. The van der Waals surface area contributed by atoms with Gasteiger partial charge in [0.25, 0.3) is 0 Å². The number of nitrogens with one attached hydrogen (secondary N) is 2. The highest BCUT2D eigenvalue weighted by Crippen LogP contribution is 2.24. The zero-order chi connectivity index (χ0) is 22.5. The SMILES string of the molecule is CC[C@@H](CO)Nc1cc(NCc2ccc(-c3ccccc3)cc2)c2nnc(C(C)C)n2n1. The van der Waals surface area contributed by atoms with Crippen molar-refractivity contribution in [1.29, 1.82) is 0 Å². The van der Waals surface area contributed by atoms with Crippen LogP contribution in [-0.4, -0.2) is 37.6 Å². The summed E-state index contributed by atoms with van der Waals surface area (Å²) in [7, 11) is 0. The van der Waals surface area contributed by atoms with Gasteiger partial charge in [0.1, 0.15) is 5.82 Å². The van der Waals surface area contributed by atoms with E-state index in [2.05, 4.69) is 88.3 Å². The van der Waals surface area contributed by atoms with E-state index in [9.17, 15) is 5.11 Å². The van der Waals surface area contributed by atoms with Gasteiger partial charge in [-0.05, 0) is 23.1 Å². The summed E-state index contributed by atoms with van der Waals surface area (Å²) in [6, 6.07) is 20.8. The number of hydrogen-bond acceptors (Lipinski definition) is 6. The molecule has 0 aliphatic rings. The highest BCUT2D eigenvalue weighted by atomic mass is 16.3. The first kappa shape index (κ1) is 21.8. The van der Waals surface area contributed by atoms with E-state index in [1.807, 2.05) is 19.1 Å². The van der Waals surface area contributed by atoms with Crippen LogP contribution in [0.2, 0.25) is 0 Å². The molecule has 166 valence electrons. The Morgan fingerprint density at radius 3 is 2.34 bits per heavy atom. The lowest BCUT2D eigenvalue weighted by molar-refractivity contribution is 0.271. The van der Waals surface area contributed by atoms with Crippen molar-refractivity contribution in [1.82, 2.24) is 19.8 Å². The quantitative estimate of drug-likeness (QED) is 0.356. The largest absolute Gasteiger partial charge is 0.394 e. The van der Waals surface area contributed by atoms with Crippen molar-refractivity contribution in [2.75, 3.05) is 17.2 Å². The molecule has 0 amide bonds. The number of hydrogen-bond donors (Lipinski definition) is 3. The zero-order valence-electron chi connectivity index (χ0n) is 18.8. The van der Waals surface area contributed by atoms with Gasteiger partial charge in [0, 0.05) is 18.5 Å². The number of aliphatic hydroxyl groups excluding tert-OH is 1. The molecule has 0 aliphatic heterocycles. The first-order valence-corrected chi connectivity index (χ1v) is 11.1. The second-order valence-corrected chi connectivity index (χ2v) is 8.24. The van der Waals surface area contributed by atoms with Gasteiger partial charge in [0.2, 0.25) is 5.65 Å². The Hall–Kier alpha value is -3.45. The molecule has 2 aromatic heterocycles. The smallest absolute Gasteiger partial charge is 0.201 e. The molecule has 7 heteroatoms. The average Bonchev–Trinajstić information content (AvgIpc) is 3.26. The van der Waals surface area contributed by atoms with Crippen LogP contribution in [0.25, 0.3) is 16.8 Å². The van der Waals surface area contributed by atoms with Crippen LogP contribution in [0.1, 0.15) is 44.5 Å². The first-order valence-electron chi connectivity index (χ1n) is 11.1. The number of aromatic nitrogens is 4. The van der Waals surface area contributed by atoms with Crippen LogP contribution in [0.15, 0.2) is 60.7 Å².